The van der Waals surface area contributed by atoms with Crippen LogP contribution in [0.25, 0.3) is 5.57 Å². The van der Waals surface area contributed by atoms with Gasteiger partial charge < -0.3 is 0 Å². The fourth-order valence-electron chi connectivity index (χ4n) is 4.90. The summed E-state index contributed by atoms with van der Waals surface area (Å²) in [5.74, 6) is 1.39. The number of benzene rings is 1. The van der Waals surface area contributed by atoms with E-state index in [1.807, 2.05) is 0 Å². The second-order valence-corrected chi connectivity index (χ2v) is 10.4. The lowest BCUT2D eigenvalue weighted by atomic mass is 9.65. The van der Waals surface area contributed by atoms with Crippen LogP contribution in [0.4, 0.5) is 0 Å². The zero-order chi connectivity index (χ0) is 21.8. The molecule has 2 unspecified atom stereocenters. The summed E-state index contributed by atoms with van der Waals surface area (Å²) in [6.45, 7) is 23.0. The van der Waals surface area contributed by atoms with Crippen LogP contribution in [0.5, 0.6) is 0 Å². The predicted octanol–water partition coefficient (Wildman–Crippen LogP) is 9.01. The first-order valence-corrected chi connectivity index (χ1v) is 11.8. The molecule has 1 aromatic rings. The summed E-state index contributed by atoms with van der Waals surface area (Å²) < 4.78 is 0. The van der Waals surface area contributed by atoms with Crippen molar-refractivity contribution >= 4 is 5.57 Å². The first kappa shape index (κ1) is 23.7. The Hall–Kier alpha value is -1.56. The van der Waals surface area contributed by atoms with E-state index in [-0.39, 0.29) is 10.8 Å². The number of allylic oxidation sites excluding steroid dienone is 5. The van der Waals surface area contributed by atoms with Crippen molar-refractivity contribution in [2.24, 2.45) is 11.8 Å². The van der Waals surface area contributed by atoms with Gasteiger partial charge in [0, 0.05) is 5.41 Å². The van der Waals surface area contributed by atoms with Crippen molar-refractivity contribution in [2.45, 2.75) is 98.3 Å². The Balaban J connectivity index is 2.84. The van der Waals surface area contributed by atoms with E-state index >= 15 is 0 Å². The lowest BCUT2D eigenvalue weighted by Crippen LogP contribution is -2.31. The fraction of sp³-hybridized carbons (Fsp3) is 0.586. The van der Waals surface area contributed by atoms with Gasteiger partial charge in [0.2, 0.25) is 0 Å². The SMILES string of the molecule is C=CC1=C(/C=C\CC)C(CC(C)CC)(CC(C)CC)c2cc(C(C)(C)C)ccc21. The molecule has 29 heavy (non-hydrogen) atoms. The summed E-state index contributed by atoms with van der Waals surface area (Å²) in [7, 11) is 0. The first-order valence-electron chi connectivity index (χ1n) is 11.8. The highest BCUT2D eigenvalue weighted by Crippen LogP contribution is 2.55. The molecular weight excluding hydrogens is 348 g/mol. The zero-order valence-electron chi connectivity index (χ0n) is 20.4. The van der Waals surface area contributed by atoms with Gasteiger partial charge in [-0.1, -0.05) is 111 Å². The maximum Gasteiger partial charge on any atom is 0.0220 e. The molecule has 0 N–H and O–H groups in total. The highest BCUT2D eigenvalue weighted by atomic mass is 14.5. The molecule has 0 heteroatoms. The molecule has 0 bridgehead atoms. The van der Waals surface area contributed by atoms with Gasteiger partial charge in [-0.3, -0.25) is 0 Å². The molecular formula is C29H44. The molecule has 1 aliphatic carbocycles. The van der Waals surface area contributed by atoms with E-state index in [0.717, 1.165) is 6.42 Å². The second-order valence-electron chi connectivity index (χ2n) is 10.4. The summed E-state index contributed by atoms with van der Waals surface area (Å²) in [6.07, 6.45) is 12.8. The summed E-state index contributed by atoms with van der Waals surface area (Å²) in [6, 6.07) is 7.25. The maximum absolute atomic E-state index is 4.24. The third-order valence-electron chi connectivity index (χ3n) is 7.01. The molecule has 0 fully saturated rings. The molecule has 0 radical (unpaired) electrons. The molecule has 1 aliphatic rings. The van der Waals surface area contributed by atoms with Crippen LogP contribution in [0.3, 0.4) is 0 Å². The quantitative estimate of drug-likeness (QED) is 0.393. The minimum absolute atomic E-state index is 0.0939. The van der Waals surface area contributed by atoms with Gasteiger partial charge in [-0.2, -0.15) is 0 Å². The molecule has 0 aliphatic heterocycles. The Kier molecular flexibility index (Phi) is 7.77. The lowest BCUT2D eigenvalue weighted by Gasteiger charge is -2.38. The molecule has 0 saturated heterocycles. The van der Waals surface area contributed by atoms with E-state index in [9.17, 15) is 0 Å². The maximum atomic E-state index is 4.24. The van der Waals surface area contributed by atoms with Gasteiger partial charge in [-0.05, 0) is 64.3 Å². The Morgan fingerprint density at radius 3 is 2.03 bits per heavy atom. The molecule has 0 heterocycles. The Bertz CT molecular complexity index is 754. The van der Waals surface area contributed by atoms with Gasteiger partial charge in [0.25, 0.3) is 0 Å². The number of rotatable bonds is 9. The van der Waals surface area contributed by atoms with Crippen LogP contribution in [0.1, 0.15) is 104 Å². The van der Waals surface area contributed by atoms with Crippen molar-refractivity contribution in [3.8, 4) is 0 Å². The van der Waals surface area contributed by atoms with E-state index < -0.39 is 0 Å². The summed E-state index contributed by atoms with van der Waals surface area (Å²) >= 11 is 0. The van der Waals surface area contributed by atoms with Crippen molar-refractivity contribution in [1.29, 1.82) is 0 Å². The van der Waals surface area contributed by atoms with Crippen molar-refractivity contribution < 1.29 is 0 Å². The van der Waals surface area contributed by atoms with Gasteiger partial charge in [0.05, 0.1) is 0 Å². The summed E-state index contributed by atoms with van der Waals surface area (Å²) in [4.78, 5) is 0. The molecule has 0 saturated carbocycles. The van der Waals surface area contributed by atoms with E-state index in [1.54, 1.807) is 5.56 Å². The van der Waals surface area contributed by atoms with E-state index in [0.29, 0.717) is 11.8 Å². The normalized spacial score (nSPS) is 21.5. The molecule has 0 aromatic heterocycles. The Morgan fingerprint density at radius 2 is 1.59 bits per heavy atom. The van der Waals surface area contributed by atoms with Gasteiger partial charge in [0.1, 0.15) is 0 Å². The minimum Gasteiger partial charge on any atom is -0.0984 e. The summed E-state index contributed by atoms with van der Waals surface area (Å²) in [5.41, 5.74) is 7.53. The van der Waals surface area contributed by atoms with Crippen LogP contribution in [0, 0.1) is 11.8 Å². The standard InChI is InChI=1S/C29H44/c1-10-14-15-26-24(13-4)25-17-16-23(28(7,8)9)18-27(25)29(26,19-21(5)11-2)20-22(6)12-3/h13-18,21-22H,4,10-12,19-20H2,1-3,5-9H3/b15-14-. The zero-order valence-corrected chi connectivity index (χ0v) is 20.4. The van der Waals surface area contributed by atoms with Crippen molar-refractivity contribution in [2.75, 3.05) is 0 Å². The number of hydrogen-bond donors (Lipinski definition) is 0. The minimum atomic E-state index is 0.0939. The fourth-order valence-corrected chi connectivity index (χ4v) is 4.90. The molecule has 2 rings (SSSR count). The molecule has 1 aromatic carbocycles. The average molecular weight is 393 g/mol. The van der Waals surface area contributed by atoms with Gasteiger partial charge in [-0.25, -0.2) is 0 Å². The smallest absolute Gasteiger partial charge is 0.0220 e. The Labute approximate surface area is 181 Å². The van der Waals surface area contributed by atoms with Crippen LogP contribution in [0.2, 0.25) is 0 Å². The van der Waals surface area contributed by atoms with Crippen LogP contribution < -0.4 is 0 Å². The van der Waals surface area contributed by atoms with Gasteiger partial charge >= 0.3 is 0 Å². The van der Waals surface area contributed by atoms with Crippen molar-refractivity contribution in [3.63, 3.8) is 0 Å². The molecule has 0 nitrogen and oxygen atoms in total. The predicted molar refractivity (Wildman–Crippen MR) is 132 cm³/mol. The van der Waals surface area contributed by atoms with E-state index in [4.69, 9.17) is 0 Å². The van der Waals surface area contributed by atoms with Crippen LogP contribution in [-0.4, -0.2) is 0 Å². The third-order valence-corrected chi connectivity index (χ3v) is 7.01. The molecule has 0 amide bonds. The largest absolute Gasteiger partial charge is 0.0984 e. The summed E-state index contributed by atoms with van der Waals surface area (Å²) in [5, 5.41) is 0. The highest BCUT2D eigenvalue weighted by molar-refractivity contribution is 5.88. The Morgan fingerprint density at radius 1 is 1.00 bits per heavy atom. The first-order chi connectivity index (χ1) is 13.6. The van der Waals surface area contributed by atoms with Crippen LogP contribution in [-0.2, 0) is 10.8 Å². The molecule has 0 spiro atoms. The van der Waals surface area contributed by atoms with E-state index in [1.165, 1.54) is 48.0 Å². The van der Waals surface area contributed by atoms with Crippen LogP contribution in [0.15, 0.2) is 48.6 Å². The van der Waals surface area contributed by atoms with Gasteiger partial charge in [0.15, 0.2) is 0 Å². The topological polar surface area (TPSA) is 0 Å². The highest BCUT2D eigenvalue weighted by Gasteiger charge is 2.44. The molecule has 2 atom stereocenters. The number of fused-ring (bicyclic) bond motifs is 1. The third kappa shape index (κ3) is 4.79. The van der Waals surface area contributed by atoms with Gasteiger partial charge in [-0.15, -0.1) is 0 Å². The van der Waals surface area contributed by atoms with Crippen molar-refractivity contribution in [1.82, 2.24) is 0 Å². The van der Waals surface area contributed by atoms with Crippen LogP contribution >= 0.6 is 0 Å². The lowest BCUT2D eigenvalue weighted by molar-refractivity contribution is 0.306. The molecule has 160 valence electrons. The second kappa shape index (κ2) is 9.50. The van der Waals surface area contributed by atoms with Crippen molar-refractivity contribution in [3.05, 3.63) is 65.3 Å². The number of hydrogen-bond acceptors (Lipinski definition) is 0. The monoisotopic (exact) mass is 392 g/mol. The van der Waals surface area contributed by atoms with E-state index in [2.05, 4.69) is 98.4 Å². The average Bonchev–Trinajstić information content (AvgIpc) is 2.93.